The van der Waals surface area contributed by atoms with Crippen LogP contribution < -0.4 is 0 Å². The summed E-state index contributed by atoms with van der Waals surface area (Å²) in [5.74, 6) is 1.71. The Kier molecular flexibility index (Phi) is 15.9. The molecule has 0 aliphatic carbocycles. The third kappa shape index (κ3) is 13.9. The topological polar surface area (TPSA) is 3.24 Å². The van der Waals surface area contributed by atoms with Gasteiger partial charge >= 0.3 is 0 Å². The largest absolute Gasteiger partial charge is 0.306 e. The Morgan fingerprint density at radius 1 is 0.941 bits per heavy atom. The van der Waals surface area contributed by atoms with Gasteiger partial charge in [0.15, 0.2) is 0 Å². The van der Waals surface area contributed by atoms with E-state index >= 15 is 0 Å². The van der Waals surface area contributed by atoms with E-state index in [-0.39, 0.29) is 0 Å². The van der Waals surface area contributed by atoms with Crippen LogP contribution in [0.2, 0.25) is 0 Å². The van der Waals surface area contributed by atoms with Crippen molar-refractivity contribution in [2.24, 2.45) is 11.8 Å². The molecule has 1 unspecified atom stereocenters. The maximum atomic E-state index is 2.50. The van der Waals surface area contributed by atoms with Gasteiger partial charge in [-0.2, -0.15) is 0 Å². The summed E-state index contributed by atoms with van der Waals surface area (Å²) in [4.78, 5) is 2.50. The molecule has 0 N–H and O–H groups in total. The van der Waals surface area contributed by atoms with E-state index in [2.05, 4.69) is 39.6 Å². The van der Waals surface area contributed by atoms with Gasteiger partial charge in [0.2, 0.25) is 0 Å². The van der Waals surface area contributed by atoms with Crippen LogP contribution in [0.25, 0.3) is 0 Å². The van der Waals surface area contributed by atoms with Crippen LogP contribution in [0.3, 0.4) is 0 Å². The normalized spacial score (nSPS) is 12.5. The van der Waals surface area contributed by atoms with Crippen molar-refractivity contribution in [1.29, 1.82) is 0 Å². The Bertz CT molecular complexity index is 131. The average molecular weight is 243 g/mol. The highest BCUT2D eigenvalue weighted by molar-refractivity contribution is 4.64. The highest BCUT2D eigenvalue weighted by Gasteiger charge is 2.10. The first-order chi connectivity index (χ1) is 8.10. The second kappa shape index (κ2) is 14.0. The summed E-state index contributed by atoms with van der Waals surface area (Å²) in [6.07, 6.45) is 6.94. The van der Waals surface area contributed by atoms with Gasteiger partial charge in [-0.15, -0.1) is 0 Å². The molecule has 1 heteroatoms. The van der Waals surface area contributed by atoms with Crippen LogP contribution in [0.15, 0.2) is 0 Å². The molecule has 0 rings (SSSR count). The monoisotopic (exact) mass is 243 g/mol. The number of hydrogen-bond acceptors (Lipinski definition) is 1. The van der Waals surface area contributed by atoms with Crippen LogP contribution >= 0.6 is 0 Å². The van der Waals surface area contributed by atoms with E-state index in [9.17, 15) is 0 Å². The first-order valence-electron chi connectivity index (χ1n) is 7.78. The van der Waals surface area contributed by atoms with E-state index in [1.807, 2.05) is 13.8 Å². The summed E-state index contributed by atoms with van der Waals surface area (Å²) in [6, 6.07) is 0. The van der Waals surface area contributed by atoms with Crippen molar-refractivity contribution >= 4 is 0 Å². The van der Waals surface area contributed by atoms with E-state index in [1.54, 1.807) is 0 Å². The van der Waals surface area contributed by atoms with Crippen molar-refractivity contribution < 1.29 is 0 Å². The summed E-state index contributed by atoms with van der Waals surface area (Å²) in [7, 11) is 2.27. The summed E-state index contributed by atoms with van der Waals surface area (Å²) >= 11 is 0. The quantitative estimate of drug-likeness (QED) is 0.503. The lowest BCUT2D eigenvalue weighted by atomic mass is 9.98. The highest BCUT2D eigenvalue weighted by Crippen LogP contribution is 2.15. The minimum atomic E-state index is 0.795. The Morgan fingerprint density at radius 3 is 1.94 bits per heavy atom. The second-order valence-electron chi connectivity index (χ2n) is 5.39. The summed E-state index contributed by atoms with van der Waals surface area (Å²) in [6.45, 7) is 15.7. The van der Waals surface area contributed by atoms with E-state index in [4.69, 9.17) is 0 Å². The third-order valence-electron chi connectivity index (χ3n) is 3.04. The molecular formula is C16H37N. The van der Waals surface area contributed by atoms with Gasteiger partial charge in [0.25, 0.3) is 0 Å². The molecule has 0 amide bonds. The molecule has 0 bridgehead atoms. The Balaban J connectivity index is 0. The number of rotatable bonds is 9. The molecule has 17 heavy (non-hydrogen) atoms. The molecule has 0 aliphatic heterocycles. The number of nitrogens with zero attached hydrogens (tertiary/aromatic N) is 1. The molecule has 0 radical (unpaired) electrons. The van der Waals surface area contributed by atoms with Gasteiger partial charge in [0, 0.05) is 13.1 Å². The Hall–Kier alpha value is -0.0400. The first kappa shape index (κ1) is 19.3. The maximum absolute atomic E-state index is 2.50. The smallest absolute Gasteiger partial charge is 0.000662 e. The van der Waals surface area contributed by atoms with E-state index in [0.29, 0.717) is 0 Å². The molecular weight excluding hydrogens is 206 g/mol. The summed E-state index contributed by atoms with van der Waals surface area (Å²) < 4.78 is 0. The van der Waals surface area contributed by atoms with Crippen LogP contribution in [0.1, 0.15) is 73.6 Å². The minimum Gasteiger partial charge on any atom is -0.306 e. The Labute approximate surface area is 111 Å². The molecule has 0 aliphatic rings. The van der Waals surface area contributed by atoms with Crippen LogP contribution in [-0.2, 0) is 0 Å². The molecule has 0 heterocycles. The second-order valence-corrected chi connectivity index (χ2v) is 5.39. The molecule has 1 atom stereocenters. The van der Waals surface area contributed by atoms with E-state index < -0.39 is 0 Å². The van der Waals surface area contributed by atoms with Crippen molar-refractivity contribution in [1.82, 2.24) is 4.90 Å². The van der Waals surface area contributed by atoms with Crippen LogP contribution in [-0.4, -0.2) is 25.0 Å². The van der Waals surface area contributed by atoms with Crippen molar-refractivity contribution in [2.45, 2.75) is 73.6 Å². The average Bonchev–Trinajstić information content (AvgIpc) is 2.29. The fourth-order valence-electron chi connectivity index (χ4n) is 2.25. The lowest BCUT2D eigenvalue weighted by Gasteiger charge is -2.24. The minimum absolute atomic E-state index is 0.795. The van der Waals surface area contributed by atoms with Gasteiger partial charge in [-0.05, 0) is 25.3 Å². The molecule has 0 aromatic carbocycles. The third-order valence-corrected chi connectivity index (χ3v) is 3.04. The zero-order chi connectivity index (χ0) is 13.7. The van der Waals surface area contributed by atoms with Crippen LogP contribution in [0.5, 0.6) is 0 Å². The zero-order valence-electron chi connectivity index (χ0n) is 13.6. The van der Waals surface area contributed by atoms with Crippen molar-refractivity contribution in [3.8, 4) is 0 Å². The van der Waals surface area contributed by atoms with E-state index in [1.165, 1.54) is 45.2 Å². The summed E-state index contributed by atoms with van der Waals surface area (Å²) in [5, 5.41) is 0. The fraction of sp³-hybridized carbons (Fsp3) is 1.00. The van der Waals surface area contributed by atoms with Crippen molar-refractivity contribution in [3.63, 3.8) is 0 Å². The molecule has 0 saturated carbocycles. The molecule has 0 spiro atoms. The fourth-order valence-corrected chi connectivity index (χ4v) is 2.25. The predicted octanol–water partition coefficient (Wildman–Crippen LogP) is 5.21. The molecule has 0 aromatic rings. The van der Waals surface area contributed by atoms with Crippen LogP contribution in [0, 0.1) is 11.8 Å². The van der Waals surface area contributed by atoms with Gasteiger partial charge in [0.1, 0.15) is 0 Å². The lowest BCUT2D eigenvalue weighted by Crippen LogP contribution is -2.29. The number of unbranched alkanes of at least 4 members (excludes halogenated alkanes) is 2. The SMILES string of the molecule is CC.CCCCCC(CC)CN(C)CC(C)C. The van der Waals surface area contributed by atoms with Crippen molar-refractivity contribution in [3.05, 3.63) is 0 Å². The maximum Gasteiger partial charge on any atom is 0.000662 e. The molecule has 0 saturated heterocycles. The van der Waals surface area contributed by atoms with Gasteiger partial charge in [-0.3, -0.25) is 0 Å². The Morgan fingerprint density at radius 2 is 1.53 bits per heavy atom. The highest BCUT2D eigenvalue weighted by atomic mass is 15.1. The van der Waals surface area contributed by atoms with Gasteiger partial charge in [-0.25, -0.2) is 0 Å². The molecule has 0 aromatic heterocycles. The van der Waals surface area contributed by atoms with E-state index in [0.717, 1.165) is 11.8 Å². The first-order valence-corrected chi connectivity index (χ1v) is 7.78. The van der Waals surface area contributed by atoms with Gasteiger partial charge < -0.3 is 4.90 Å². The van der Waals surface area contributed by atoms with Gasteiger partial charge in [0.05, 0.1) is 0 Å². The lowest BCUT2D eigenvalue weighted by molar-refractivity contribution is 0.236. The predicted molar refractivity (Wildman–Crippen MR) is 81.6 cm³/mol. The van der Waals surface area contributed by atoms with Gasteiger partial charge in [-0.1, -0.05) is 67.2 Å². The van der Waals surface area contributed by atoms with Crippen molar-refractivity contribution in [2.75, 3.05) is 20.1 Å². The summed E-state index contributed by atoms with van der Waals surface area (Å²) in [5.41, 5.74) is 0. The standard InChI is InChI=1S/C14H31N.C2H6/c1-6-8-9-10-14(7-2)12-15(5)11-13(3)4;1-2/h13-14H,6-12H2,1-5H3;1-2H3. The van der Waals surface area contributed by atoms with Crippen LogP contribution in [0.4, 0.5) is 0 Å². The molecule has 1 nitrogen and oxygen atoms in total. The molecule has 0 fully saturated rings. The zero-order valence-corrected chi connectivity index (χ0v) is 13.6. The number of hydrogen-bond donors (Lipinski definition) is 0. The molecule has 106 valence electrons.